The van der Waals surface area contributed by atoms with Gasteiger partial charge in [-0.15, -0.1) is 0 Å². The Morgan fingerprint density at radius 2 is 2.00 bits per heavy atom. The van der Waals surface area contributed by atoms with Gasteiger partial charge in [0.15, 0.2) is 6.10 Å². The van der Waals surface area contributed by atoms with Crippen LogP contribution >= 0.6 is 0 Å². The molecule has 0 heterocycles. The van der Waals surface area contributed by atoms with Crippen molar-refractivity contribution in [1.82, 2.24) is 0 Å². The minimum atomic E-state index is -0.832. The van der Waals surface area contributed by atoms with Crippen molar-refractivity contribution in [1.29, 1.82) is 5.26 Å². The highest BCUT2D eigenvalue weighted by Crippen LogP contribution is 2.21. The number of amides is 1. The Morgan fingerprint density at radius 1 is 1.29 bits per heavy atom. The van der Waals surface area contributed by atoms with Crippen LogP contribution in [0.25, 0.3) is 0 Å². The van der Waals surface area contributed by atoms with Gasteiger partial charge in [0.25, 0.3) is 5.91 Å². The van der Waals surface area contributed by atoms with E-state index in [1.54, 1.807) is 24.3 Å². The van der Waals surface area contributed by atoms with Crippen LogP contribution in [0.4, 0.5) is 10.1 Å². The topological polar surface area (TPSA) is 62.1 Å². The van der Waals surface area contributed by atoms with E-state index in [1.165, 1.54) is 19.2 Å². The maximum atomic E-state index is 13.8. The monoisotopic (exact) mass is 284 g/mol. The summed E-state index contributed by atoms with van der Waals surface area (Å²) in [5.74, 6) is -1.14. The highest BCUT2D eigenvalue weighted by Gasteiger charge is 2.20. The van der Waals surface area contributed by atoms with Crippen LogP contribution in [-0.4, -0.2) is 13.0 Å². The molecule has 0 aliphatic rings. The Hall–Kier alpha value is -2.71. The number of nitriles is 1. The fourth-order valence-electron chi connectivity index (χ4n) is 1.91. The molecule has 2 rings (SSSR count). The van der Waals surface area contributed by atoms with Crippen molar-refractivity contribution in [3.63, 3.8) is 0 Å². The van der Waals surface area contributed by atoms with Crippen LogP contribution in [0.15, 0.2) is 48.5 Å². The normalized spacial score (nSPS) is 11.5. The summed E-state index contributed by atoms with van der Waals surface area (Å²) in [5, 5.41) is 11.1. The fourth-order valence-corrected chi connectivity index (χ4v) is 1.91. The van der Waals surface area contributed by atoms with E-state index in [-0.39, 0.29) is 11.3 Å². The first-order valence-corrected chi connectivity index (χ1v) is 6.24. The molecule has 2 aromatic rings. The second-order valence-electron chi connectivity index (χ2n) is 4.32. The van der Waals surface area contributed by atoms with Gasteiger partial charge >= 0.3 is 0 Å². The van der Waals surface area contributed by atoms with Gasteiger partial charge in [0.05, 0.1) is 17.3 Å². The summed E-state index contributed by atoms with van der Waals surface area (Å²) in [5.41, 5.74) is 0.875. The van der Waals surface area contributed by atoms with Gasteiger partial charge in [-0.25, -0.2) is 4.39 Å². The maximum Gasteiger partial charge on any atom is 0.258 e. The van der Waals surface area contributed by atoms with Gasteiger partial charge in [-0.2, -0.15) is 5.26 Å². The van der Waals surface area contributed by atoms with Gasteiger partial charge in [0.2, 0.25) is 0 Å². The average molecular weight is 284 g/mol. The number of carbonyl (C=O) groups excluding carboxylic acids is 1. The molecule has 0 aromatic heterocycles. The van der Waals surface area contributed by atoms with Crippen LogP contribution in [0.2, 0.25) is 0 Å². The Morgan fingerprint density at radius 3 is 2.57 bits per heavy atom. The summed E-state index contributed by atoms with van der Waals surface area (Å²) in [7, 11) is 1.41. The Labute approximate surface area is 121 Å². The number of anilines is 1. The van der Waals surface area contributed by atoms with E-state index in [0.717, 1.165) is 6.07 Å². The first-order chi connectivity index (χ1) is 10.2. The molecule has 0 aliphatic carbocycles. The molecule has 0 saturated carbocycles. The lowest BCUT2D eigenvalue weighted by Gasteiger charge is -2.16. The van der Waals surface area contributed by atoms with E-state index in [0.29, 0.717) is 5.56 Å². The number of hydrogen-bond donors (Lipinski definition) is 1. The van der Waals surface area contributed by atoms with Gasteiger partial charge in [-0.1, -0.05) is 30.3 Å². The first-order valence-electron chi connectivity index (χ1n) is 6.24. The van der Waals surface area contributed by atoms with Crippen molar-refractivity contribution in [2.75, 3.05) is 12.4 Å². The smallest absolute Gasteiger partial charge is 0.258 e. The summed E-state index contributed by atoms with van der Waals surface area (Å²) in [6, 6.07) is 14.6. The second-order valence-corrected chi connectivity index (χ2v) is 4.32. The minimum Gasteiger partial charge on any atom is -0.367 e. The predicted octanol–water partition coefficient (Wildman–Crippen LogP) is 3.02. The number of benzene rings is 2. The van der Waals surface area contributed by atoms with Crippen LogP contribution in [0, 0.1) is 17.1 Å². The number of hydrogen-bond acceptors (Lipinski definition) is 3. The summed E-state index contributed by atoms with van der Waals surface area (Å²) in [4.78, 5) is 12.2. The Kier molecular flexibility index (Phi) is 4.64. The van der Waals surface area contributed by atoms with Crippen molar-refractivity contribution in [2.45, 2.75) is 6.10 Å². The van der Waals surface area contributed by atoms with Gasteiger partial charge < -0.3 is 10.1 Å². The maximum absolute atomic E-state index is 13.8. The quantitative estimate of drug-likeness (QED) is 0.938. The van der Waals surface area contributed by atoms with E-state index >= 15 is 0 Å². The molecular formula is C16H13FN2O2. The molecule has 0 aliphatic heterocycles. The van der Waals surface area contributed by atoms with Crippen molar-refractivity contribution in [2.24, 2.45) is 0 Å². The van der Waals surface area contributed by atoms with Gasteiger partial charge in [0.1, 0.15) is 5.82 Å². The number of rotatable bonds is 4. The molecular weight excluding hydrogens is 271 g/mol. The lowest BCUT2D eigenvalue weighted by atomic mass is 10.1. The molecule has 0 spiro atoms. The lowest BCUT2D eigenvalue weighted by molar-refractivity contribution is -0.126. The molecule has 2 aromatic carbocycles. The highest BCUT2D eigenvalue weighted by molar-refractivity contribution is 5.95. The number of nitrogens with zero attached hydrogens (tertiary/aromatic N) is 1. The molecule has 1 N–H and O–H groups in total. The molecule has 0 saturated heterocycles. The van der Waals surface area contributed by atoms with E-state index in [4.69, 9.17) is 10.00 Å². The third-order valence-corrected chi connectivity index (χ3v) is 2.93. The largest absolute Gasteiger partial charge is 0.367 e. The molecule has 21 heavy (non-hydrogen) atoms. The molecule has 1 atom stereocenters. The SMILES string of the molecule is COC(C(=O)Nc1ccc(C#N)cc1F)c1ccccc1. The fraction of sp³-hybridized carbons (Fsp3) is 0.125. The van der Waals surface area contributed by atoms with Crippen molar-refractivity contribution < 1.29 is 13.9 Å². The zero-order valence-electron chi connectivity index (χ0n) is 11.3. The van der Waals surface area contributed by atoms with E-state index < -0.39 is 17.8 Å². The molecule has 0 fully saturated rings. The number of ether oxygens (including phenoxy) is 1. The van der Waals surface area contributed by atoms with Crippen molar-refractivity contribution in [3.05, 3.63) is 65.5 Å². The molecule has 0 radical (unpaired) electrons. The molecule has 0 bridgehead atoms. The molecule has 1 unspecified atom stereocenters. The summed E-state index contributed by atoms with van der Waals surface area (Å²) in [6.07, 6.45) is -0.832. The second kappa shape index (κ2) is 6.64. The molecule has 1 amide bonds. The number of carbonyl (C=O) groups is 1. The minimum absolute atomic E-state index is 0.0111. The van der Waals surface area contributed by atoms with Gasteiger partial charge in [-0.3, -0.25) is 4.79 Å². The van der Waals surface area contributed by atoms with Crippen molar-refractivity contribution in [3.8, 4) is 6.07 Å². The van der Waals surface area contributed by atoms with Gasteiger partial charge in [-0.05, 0) is 23.8 Å². The van der Waals surface area contributed by atoms with E-state index in [9.17, 15) is 9.18 Å². The predicted molar refractivity (Wildman–Crippen MR) is 75.9 cm³/mol. The average Bonchev–Trinajstić information content (AvgIpc) is 2.51. The van der Waals surface area contributed by atoms with Crippen LogP contribution in [0.3, 0.4) is 0 Å². The summed E-state index contributed by atoms with van der Waals surface area (Å²) < 4.78 is 18.9. The number of nitrogens with one attached hydrogen (secondary N) is 1. The molecule has 4 nitrogen and oxygen atoms in total. The van der Waals surface area contributed by atoms with Crippen LogP contribution in [0.1, 0.15) is 17.2 Å². The highest BCUT2D eigenvalue weighted by atomic mass is 19.1. The summed E-state index contributed by atoms with van der Waals surface area (Å²) >= 11 is 0. The first kappa shape index (κ1) is 14.7. The standard InChI is InChI=1S/C16H13FN2O2/c1-21-15(12-5-3-2-4-6-12)16(20)19-14-8-7-11(10-18)9-13(14)17/h2-9,15H,1H3,(H,19,20). The van der Waals surface area contributed by atoms with Crippen molar-refractivity contribution >= 4 is 11.6 Å². The van der Waals surface area contributed by atoms with Gasteiger partial charge in [0, 0.05) is 7.11 Å². The lowest BCUT2D eigenvalue weighted by Crippen LogP contribution is -2.23. The van der Waals surface area contributed by atoms with E-state index in [2.05, 4.69) is 5.32 Å². The number of halogens is 1. The third-order valence-electron chi connectivity index (χ3n) is 2.93. The summed E-state index contributed by atoms with van der Waals surface area (Å²) in [6.45, 7) is 0. The zero-order valence-corrected chi connectivity index (χ0v) is 11.3. The zero-order chi connectivity index (χ0) is 15.2. The third kappa shape index (κ3) is 3.44. The van der Waals surface area contributed by atoms with Crippen LogP contribution < -0.4 is 5.32 Å². The molecule has 5 heteroatoms. The van der Waals surface area contributed by atoms with Crippen LogP contribution in [-0.2, 0) is 9.53 Å². The molecule has 106 valence electrons. The Bertz CT molecular complexity index is 680. The number of methoxy groups -OCH3 is 1. The Balaban J connectivity index is 2.19. The van der Waals surface area contributed by atoms with Crippen LogP contribution in [0.5, 0.6) is 0 Å². The van der Waals surface area contributed by atoms with E-state index in [1.807, 2.05) is 12.1 Å².